The topological polar surface area (TPSA) is 38.5 Å². The average Bonchev–Trinajstić information content (AvgIpc) is 2.66. The molecular formula is C22H37BrCl2N2O. The van der Waals surface area contributed by atoms with Crippen molar-refractivity contribution >= 4 is 40.7 Å². The van der Waals surface area contributed by atoms with Gasteiger partial charge in [0.15, 0.2) is 0 Å². The van der Waals surface area contributed by atoms with E-state index in [9.17, 15) is 0 Å². The first-order valence-corrected chi connectivity index (χ1v) is 11.2. The maximum atomic E-state index is 6.02. The highest BCUT2D eigenvalue weighted by atomic mass is 79.9. The lowest BCUT2D eigenvalue weighted by atomic mass is 9.83. The Morgan fingerprint density at radius 1 is 1.04 bits per heavy atom. The monoisotopic (exact) mass is 494 g/mol. The average molecular weight is 496 g/mol. The third kappa shape index (κ3) is 8.02. The SMILES string of the molecule is COc1ccc(Br)c(CC2CCN(CCCC3CCC(N)CC3)CC2)c1.Cl.Cl. The van der Waals surface area contributed by atoms with E-state index in [0.717, 1.165) is 24.0 Å². The molecule has 1 aromatic rings. The first kappa shape index (κ1) is 26.0. The maximum absolute atomic E-state index is 6.02. The summed E-state index contributed by atoms with van der Waals surface area (Å²) in [4.78, 5) is 2.69. The van der Waals surface area contributed by atoms with E-state index in [1.165, 1.54) is 81.0 Å². The number of hydrogen-bond acceptors (Lipinski definition) is 3. The molecule has 3 rings (SSSR count). The molecule has 1 aliphatic heterocycles. The van der Waals surface area contributed by atoms with E-state index in [0.29, 0.717) is 6.04 Å². The molecule has 162 valence electrons. The van der Waals surface area contributed by atoms with Gasteiger partial charge in [-0.3, -0.25) is 0 Å². The van der Waals surface area contributed by atoms with Crippen LogP contribution in [0.2, 0.25) is 0 Å². The first-order chi connectivity index (χ1) is 12.6. The summed E-state index contributed by atoms with van der Waals surface area (Å²) in [7, 11) is 1.74. The Balaban J connectivity index is 0.00000196. The fraction of sp³-hybridized carbons (Fsp3) is 0.727. The largest absolute Gasteiger partial charge is 0.497 e. The predicted molar refractivity (Wildman–Crippen MR) is 127 cm³/mol. The highest BCUT2D eigenvalue weighted by molar-refractivity contribution is 9.10. The van der Waals surface area contributed by atoms with Gasteiger partial charge in [0, 0.05) is 10.5 Å². The Morgan fingerprint density at radius 3 is 2.36 bits per heavy atom. The number of rotatable bonds is 7. The van der Waals surface area contributed by atoms with Gasteiger partial charge in [-0.05, 0) is 113 Å². The van der Waals surface area contributed by atoms with Crippen LogP contribution in [-0.4, -0.2) is 37.7 Å². The molecule has 1 heterocycles. The van der Waals surface area contributed by atoms with Crippen LogP contribution in [0.25, 0.3) is 0 Å². The Hall–Kier alpha value is -0.000000000000000111. The summed E-state index contributed by atoms with van der Waals surface area (Å²) in [5.74, 6) is 2.71. The minimum atomic E-state index is 0. The van der Waals surface area contributed by atoms with E-state index in [1.807, 2.05) is 6.07 Å². The molecule has 0 bridgehead atoms. The Labute approximate surface area is 192 Å². The van der Waals surface area contributed by atoms with E-state index in [2.05, 4.69) is 33.0 Å². The zero-order valence-corrected chi connectivity index (χ0v) is 20.3. The van der Waals surface area contributed by atoms with Crippen molar-refractivity contribution in [1.29, 1.82) is 0 Å². The van der Waals surface area contributed by atoms with Gasteiger partial charge in [-0.2, -0.15) is 0 Å². The summed E-state index contributed by atoms with van der Waals surface area (Å²) < 4.78 is 6.60. The summed E-state index contributed by atoms with van der Waals surface area (Å²) in [5, 5.41) is 0. The fourth-order valence-electron chi connectivity index (χ4n) is 4.64. The molecule has 0 aromatic heterocycles. The first-order valence-electron chi connectivity index (χ1n) is 10.4. The summed E-state index contributed by atoms with van der Waals surface area (Å²) in [5.41, 5.74) is 7.41. The van der Waals surface area contributed by atoms with Gasteiger partial charge in [-0.15, -0.1) is 24.8 Å². The number of halogens is 3. The lowest BCUT2D eigenvalue weighted by Crippen LogP contribution is -2.35. The van der Waals surface area contributed by atoms with Gasteiger partial charge < -0.3 is 15.4 Å². The van der Waals surface area contributed by atoms with E-state index in [-0.39, 0.29) is 24.8 Å². The zero-order chi connectivity index (χ0) is 18.4. The molecule has 0 unspecified atom stereocenters. The highest BCUT2D eigenvalue weighted by Crippen LogP contribution is 2.30. The molecule has 28 heavy (non-hydrogen) atoms. The van der Waals surface area contributed by atoms with E-state index < -0.39 is 0 Å². The number of ether oxygens (including phenoxy) is 1. The maximum Gasteiger partial charge on any atom is 0.119 e. The molecule has 0 spiro atoms. The summed E-state index contributed by atoms with van der Waals surface area (Å²) in [6, 6.07) is 6.80. The van der Waals surface area contributed by atoms with Crippen molar-refractivity contribution in [3.8, 4) is 5.75 Å². The number of likely N-dealkylation sites (tertiary alicyclic amines) is 1. The van der Waals surface area contributed by atoms with Crippen LogP contribution in [0.4, 0.5) is 0 Å². The molecule has 1 aliphatic carbocycles. The predicted octanol–water partition coefficient (Wildman–Crippen LogP) is 5.85. The van der Waals surface area contributed by atoms with Crippen LogP contribution in [-0.2, 0) is 6.42 Å². The molecule has 2 N–H and O–H groups in total. The minimum Gasteiger partial charge on any atom is -0.497 e. The van der Waals surface area contributed by atoms with Gasteiger partial charge in [0.2, 0.25) is 0 Å². The molecular weight excluding hydrogens is 459 g/mol. The number of nitrogens with zero attached hydrogens (tertiary/aromatic N) is 1. The number of nitrogens with two attached hydrogens (primary N) is 1. The number of piperidine rings is 1. The standard InChI is InChI=1S/C22H35BrN2O.2ClH/c1-26-21-8-9-22(23)19(16-21)15-18-10-13-25(14-11-18)12-2-3-17-4-6-20(24)7-5-17;;/h8-9,16-18,20H,2-7,10-15,24H2,1H3;2*1H. The molecule has 0 atom stereocenters. The molecule has 2 aliphatic rings. The Kier molecular flexibility index (Phi) is 12.4. The third-order valence-electron chi connectivity index (χ3n) is 6.45. The van der Waals surface area contributed by atoms with Crippen molar-refractivity contribution in [2.75, 3.05) is 26.7 Å². The quantitative estimate of drug-likeness (QED) is 0.515. The summed E-state index contributed by atoms with van der Waals surface area (Å²) in [6.45, 7) is 3.82. The molecule has 0 amide bonds. The van der Waals surface area contributed by atoms with E-state index >= 15 is 0 Å². The van der Waals surface area contributed by atoms with Crippen LogP contribution in [0, 0.1) is 11.8 Å². The molecule has 1 aromatic carbocycles. The molecule has 6 heteroatoms. The van der Waals surface area contributed by atoms with Crippen molar-refractivity contribution in [3.63, 3.8) is 0 Å². The number of benzene rings is 1. The lowest BCUT2D eigenvalue weighted by Gasteiger charge is -2.33. The summed E-state index contributed by atoms with van der Waals surface area (Å²) >= 11 is 3.70. The minimum absolute atomic E-state index is 0. The van der Waals surface area contributed by atoms with Crippen LogP contribution in [0.15, 0.2) is 22.7 Å². The van der Waals surface area contributed by atoms with Crippen LogP contribution < -0.4 is 10.5 Å². The van der Waals surface area contributed by atoms with Gasteiger partial charge in [0.05, 0.1) is 7.11 Å². The van der Waals surface area contributed by atoms with Gasteiger partial charge >= 0.3 is 0 Å². The number of methoxy groups -OCH3 is 1. The van der Waals surface area contributed by atoms with Crippen LogP contribution >= 0.6 is 40.7 Å². The fourth-order valence-corrected chi connectivity index (χ4v) is 5.05. The van der Waals surface area contributed by atoms with Crippen LogP contribution in [0.1, 0.15) is 56.9 Å². The van der Waals surface area contributed by atoms with Gasteiger partial charge in [-0.1, -0.05) is 15.9 Å². The van der Waals surface area contributed by atoms with E-state index in [1.54, 1.807) is 7.11 Å². The molecule has 3 nitrogen and oxygen atoms in total. The zero-order valence-electron chi connectivity index (χ0n) is 17.1. The third-order valence-corrected chi connectivity index (χ3v) is 7.22. The van der Waals surface area contributed by atoms with Gasteiger partial charge in [-0.25, -0.2) is 0 Å². The highest BCUT2D eigenvalue weighted by Gasteiger charge is 2.22. The van der Waals surface area contributed by atoms with Crippen molar-refractivity contribution in [3.05, 3.63) is 28.2 Å². The second-order valence-corrected chi connectivity index (χ2v) is 9.22. The second-order valence-electron chi connectivity index (χ2n) is 8.37. The van der Waals surface area contributed by atoms with Crippen LogP contribution in [0.5, 0.6) is 5.75 Å². The molecule has 2 fully saturated rings. The van der Waals surface area contributed by atoms with E-state index in [4.69, 9.17) is 10.5 Å². The van der Waals surface area contributed by atoms with Crippen LogP contribution in [0.3, 0.4) is 0 Å². The molecule has 0 radical (unpaired) electrons. The normalized spacial score (nSPS) is 23.5. The van der Waals surface area contributed by atoms with Crippen molar-refractivity contribution in [1.82, 2.24) is 4.90 Å². The Bertz CT molecular complexity index is 559. The van der Waals surface area contributed by atoms with Crippen molar-refractivity contribution in [2.45, 2.75) is 63.8 Å². The van der Waals surface area contributed by atoms with Crippen molar-refractivity contribution in [2.24, 2.45) is 17.6 Å². The Morgan fingerprint density at radius 2 is 1.71 bits per heavy atom. The van der Waals surface area contributed by atoms with Crippen molar-refractivity contribution < 1.29 is 4.74 Å². The second kappa shape index (κ2) is 13.3. The smallest absolute Gasteiger partial charge is 0.119 e. The lowest BCUT2D eigenvalue weighted by molar-refractivity contribution is 0.175. The number of hydrogen-bond donors (Lipinski definition) is 1. The van der Waals surface area contributed by atoms with Gasteiger partial charge in [0.1, 0.15) is 5.75 Å². The summed E-state index contributed by atoms with van der Waals surface area (Å²) in [6.07, 6.45) is 11.8. The molecule has 1 saturated carbocycles. The van der Waals surface area contributed by atoms with Gasteiger partial charge in [0.25, 0.3) is 0 Å². The molecule has 1 saturated heterocycles.